The third kappa shape index (κ3) is 3.76. The van der Waals surface area contributed by atoms with Crippen molar-refractivity contribution >= 4 is 39.2 Å². The van der Waals surface area contributed by atoms with Crippen LogP contribution in [-0.4, -0.2) is 35.8 Å². The van der Waals surface area contributed by atoms with E-state index >= 15 is 0 Å². The Morgan fingerprint density at radius 2 is 1.90 bits per heavy atom. The Morgan fingerprint density at radius 1 is 1.17 bits per heavy atom. The first-order valence-corrected chi connectivity index (χ1v) is 9.95. The van der Waals surface area contributed by atoms with Crippen molar-refractivity contribution in [3.8, 4) is 22.6 Å². The van der Waals surface area contributed by atoms with Gasteiger partial charge in [-0.3, -0.25) is 9.59 Å². The Morgan fingerprint density at radius 3 is 2.60 bits per heavy atom. The second kappa shape index (κ2) is 8.19. The number of halogens is 1. The van der Waals surface area contributed by atoms with Crippen LogP contribution in [0.2, 0.25) is 0 Å². The molecule has 1 aliphatic heterocycles. The van der Waals surface area contributed by atoms with Gasteiger partial charge in [-0.2, -0.15) is 5.10 Å². The summed E-state index contributed by atoms with van der Waals surface area (Å²) in [6.45, 7) is 0. The molecular weight excluding hydrogens is 452 g/mol. The van der Waals surface area contributed by atoms with Gasteiger partial charge in [-0.1, -0.05) is 22.0 Å². The summed E-state index contributed by atoms with van der Waals surface area (Å²) in [5.41, 5.74) is 2.21. The van der Waals surface area contributed by atoms with Crippen LogP contribution in [0.25, 0.3) is 11.1 Å². The first-order valence-electron chi connectivity index (χ1n) is 9.16. The van der Waals surface area contributed by atoms with Crippen molar-refractivity contribution in [2.75, 3.05) is 24.9 Å². The van der Waals surface area contributed by atoms with Crippen LogP contribution in [0, 0.1) is 0 Å². The number of ether oxygens (including phenoxy) is 2. The molecule has 154 valence electrons. The number of nitrogens with one attached hydrogen (secondary N) is 2. The normalized spacial score (nSPS) is 14.8. The molecule has 1 unspecified atom stereocenters. The lowest BCUT2D eigenvalue weighted by atomic mass is 10.1. The summed E-state index contributed by atoms with van der Waals surface area (Å²) in [5.74, 6) is 1.19. The van der Waals surface area contributed by atoms with Crippen LogP contribution in [0.5, 0.6) is 11.5 Å². The van der Waals surface area contributed by atoms with Crippen LogP contribution in [0.15, 0.2) is 53.1 Å². The molecule has 0 fully saturated rings. The standard InChI is InChI=1S/C21H19BrN4O4/c1-29-17-8-3-12(9-18(17)30-2)15-11-23-26-16(21(28)25-20(15)26)10-19(27)24-14-6-4-13(22)5-7-14/h3-9,11,16H,10H2,1-2H3,(H,24,27)(H,25,28). The number of benzene rings is 2. The van der Waals surface area contributed by atoms with Gasteiger partial charge in [0.2, 0.25) is 5.91 Å². The quantitative estimate of drug-likeness (QED) is 0.570. The van der Waals surface area contributed by atoms with E-state index in [1.165, 1.54) is 0 Å². The van der Waals surface area contributed by atoms with Crippen molar-refractivity contribution in [3.63, 3.8) is 0 Å². The summed E-state index contributed by atoms with van der Waals surface area (Å²) in [7, 11) is 3.13. The Balaban J connectivity index is 1.55. The minimum absolute atomic E-state index is 0.0258. The number of anilines is 2. The highest BCUT2D eigenvalue weighted by Crippen LogP contribution is 2.39. The van der Waals surface area contributed by atoms with Gasteiger partial charge < -0.3 is 20.1 Å². The molecule has 0 bridgehead atoms. The van der Waals surface area contributed by atoms with E-state index in [1.807, 2.05) is 24.3 Å². The first kappa shape index (κ1) is 20.0. The van der Waals surface area contributed by atoms with E-state index in [-0.39, 0.29) is 18.2 Å². The number of hydrogen-bond acceptors (Lipinski definition) is 5. The number of aromatic nitrogens is 2. The number of nitrogens with zero attached hydrogens (tertiary/aromatic N) is 2. The molecule has 1 atom stereocenters. The summed E-state index contributed by atoms with van der Waals surface area (Å²) >= 11 is 3.35. The minimum Gasteiger partial charge on any atom is -0.493 e. The number of carbonyl (C=O) groups excluding carboxylic acids is 2. The van der Waals surface area contributed by atoms with Gasteiger partial charge in [0, 0.05) is 15.7 Å². The maximum absolute atomic E-state index is 12.5. The lowest BCUT2D eigenvalue weighted by Gasteiger charge is -2.10. The zero-order valence-electron chi connectivity index (χ0n) is 16.3. The van der Waals surface area contributed by atoms with Crippen molar-refractivity contribution in [3.05, 3.63) is 53.1 Å². The van der Waals surface area contributed by atoms with Crippen LogP contribution in [0.4, 0.5) is 11.5 Å². The zero-order chi connectivity index (χ0) is 21.3. The highest BCUT2D eigenvalue weighted by Gasteiger charge is 2.35. The number of amides is 2. The molecule has 1 aromatic heterocycles. The molecule has 3 aromatic rings. The SMILES string of the molecule is COc1ccc(-c2cnn3c2NC(=O)C3CC(=O)Nc2ccc(Br)cc2)cc1OC. The predicted octanol–water partition coefficient (Wildman–Crippen LogP) is 3.85. The molecule has 0 saturated carbocycles. The number of methoxy groups -OCH3 is 2. The molecule has 1 aliphatic rings. The van der Waals surface area contributed by atoms with Gasteiger partial charge in [-0.15, -0.1) is 0 Å². The summed E-state index contributed by atoms with van der Waals surface area (Å²) < 4.78 is 13.1. The highest BCUT2D eigenvalue weighted by atomic mass is 79.9. The van der Waals surface area contributed by atoms with Gasteiger partial charge >= 0.3 is 0 Å². The van der Waals surface area contributed by atoms with Crippen LogP contribution >= 0.6 is 15.9 Å². The average Bonchev–Trinajstić information content (AvgIpc) is 3.28. The van der Waals surface area contributed by atoms with Crippen molar-refractivity contribution in [1.82, 2.24) is 9.78 Å². The molecule has 30 heavy (non-hydrogen) atoms. The summed E-state index contributed by atoms with van der Waals surface area (Å²) in [6, 6.07) is 12.0. The highest BCUT2D eigenvalue weighted by molar-refractivity contribution is 9.10. The molecule has 0 aliphatic carbocycles. The smallest absolute Gasteiger partial charge is 0.251 e. The minimum atomic E-state index is -0.718. The van der Waals surface area contributed by atoms with E-state index in [4.69, 9.17) is 9.47 Å². The maximum Gasteiger partial charge on any atom is 0.251 e. The molecule has 0 saturated heterocycles. The Bertz CT molecular complexity index is 1110. The van der Waals surface area contributed by atoms with Gasteiger partial charge in [-0.25, -0.2) is 4.68 Å². The molecule has 2 N–H and O–H groups in total. The summed E-state index contributed by atoms with van der Waals surface area (Å²) in [6.07, 6.45) is 1.64. The fraction of sp³-hybridized carbons (Fsp3) is 0.190. The van der Waals surface area contributed by atoms with Gasteiger partial charge in [0.05, 0.1) is 26.8 Å². The van der Waals surface area contributed by atoms with Crippen LogP contribution < -0.4 is 20.1 Å². The molecule has 8 nitrogen and oxygen atoms in total. The summed E-state index contributed by atoms with van der Waals surface area (Å²) in [5, 5.41) is 9.99. The fourth-order valence-electron chi connectivity index (χ4n) is 3.35. The third-order valence-corrected chi connectivity index (χ3v) is 5.36. The molecule has 2 aromatic carbocycles. The molecule has 9 heteroatoms. The van der Waals surface area contributed by atoms with Gasteiger partial charge in [0.25, 0.3) is 5.91 Å². The molecule has 0 spiro atoms. The van der Waals surface area contributed by atoms with E-state index in [0.29, 0.717) is 23.0 Å². The number of carbonyl (C=O) groups is 2. The van der Waals surface area contributed by atoms with E-state index in [2.05, 4.69) is 31.7 Å². The molecule has 2 heterocycles. The van der Waals surface area contributed by atoms with Crippen molar-refractivity contribution in [1.29, 1.82) is 0 Å². The third-order valence-electron chi connectivity index (χ3n) is 4.84. The largest absolute Gasteiger partial charge is 0.493 e. The molecular formula is C21H19BrN4O4. The Labute approximate surface area is 181 Å². The second-order valence-electron chi connectivity index (χ2n) is 6.69. The van der Waals surface area contributed by atoms with Gasteiger partial charge in [0.15, 0.2) is 11.5 Å². The number of hydrogen-bond donors (Lipinski definition) is 2. The van der Waals surface area contributed by atoms with E-state index in [1.54, 1.807) is 43.3 Å². The molecule has 2 amide bonds. The Kier molecular flexibility index (Phi) is 5.45. The molecule has 4 rings (SSSR count). The fourth-order valence-corrected chi connectivity index (χ4v) is 3.61. The lowest BCUT2D eigenvalue weighted by molar-refractivity contribution is -0.123. The number of rotatable bonds is 6. The number of fused-ring (bicyclic) bond motifs is 1. The van der Waals surface area contributed by atoms with Crippen LogP contribution in [0.3, 0.4) is 0 Å². The molecule has 0 radical (unpaired) electrons. The maximum atomic E-state index is 12.5. The lowest BCUT2D eigenvalue weighted by Crippen LogP contribution is -2.23. The van der Waals surface area contributed by atoms with Crippen LogP contribution in [-0.2, 0) is 9.59 Å². The topological polar surface area (TPSA) is 94.5 Å². The van der Waals surface area contributed by atoms with E-state index in [9.17, 15) is 9.59 Å². The van der Waals surface area contributed by atoms with Gasteiger partial charge in [-0.05, 0) is 42.0 Å². The van der Waals surface area contributed by atoms with E-state index < -0.39 is 6.04 Å². The zero-order valence-corrected chi connectivity index (χ0v) is 17.9. The van der Waals surface area contributed by atoms with E-state index in [0.717, 1.165) is 15.6 Å². The summed E-state index contributed by atoms with van der Waals surface area (Å²) in [4.78, 5) is 25.0. The second-order valence-corrected chi connectivity index (χ2v) is 7.60. The Hall–Kier alpha value is -3.33. The monoisotopic (exact) mass is 470 g/mol. The van der Waals surface area contributed by atoms with Crippen molar-refractivity contribution in [2.45, 2.75) is 12.5 Å². The van der Waals surface area contributed by atoms with Crippen molar-refractivity contribution in [2.24, 2.45) is 0 Å². The average molecular weight is 471 g/mol. The van der Waals surface area contributed by atoms with Gasteiger partial charge in [0.1, 0.15) is 11.9 Å². The van der Waals surface area contributed by atoms with Crippen LogP contribution in [0.1, 0.15) is 12.5 Å². The first-order chi connectivity index (χ1) is 14.5. The van der Waals surface area contributed by atoms with Crippen molar-refractivity contribution < 1.29 is 19.1 Å². The predicted molar refractivity (Wildman–Crippen MR) is 116 cm³/mol.